The molecule has 0 saturated heterocycles. The van der Waals surface area contributed by atoms with Gasteiger partial charge in [0, 0.05) is 9.75 Å². The van der Waals surface area contributed by atoms with Crippen LogP contribution in [0.2, 0.25) is 0 Å². The number of aryl methyl sites for hydroxylation is 1. The largest absolute Gasteiger partial charge is 0.481 e. The van der Waals surface area contributed by atoms with E-state index in [1.807, 2.05) is 6.92 Å². The van der Waals surface area contributed by atoms with E-state index in [1.165, 1.54) is 4.88 Å². The van der Waals surface area contributed by atoms with Crippen LogP contribution >= 0.6 is 11.3 Å². The molecule has 0 aliphatic rings. The van der Waals surface area contributed by atoms with Crippen molar-refractivity contribution in [3.8, 4) is 0 Å². The Balaban J connectivity index is 2.89. The SMILES string of the molecule is Cc1cc(C(C)C)sc1CC(=O)O. The second-order valence-electron chi connectivity index (χ2n) is 3.48. The molecular formula is C10H14O2S. The van der Waals surface area contributed by atoms with Crippen LogP contribution in [0, 0.1) is 6.92 Å². The lowest BCUT2D eigenvalue weighted by molar-refractivity contribution is -0.136. The first-order chi connectivity index (χ1) is 6.00. The van der Waals surface area contributed by atoms with Crippen molar-refractivity contribution in [1.82, 2.24) is 0 Å². The van der Waals surface area contributed by atoms with Crippen LogP contribution < -0.4 is 0 Å². The summed E-state index contributed by atoms with van der Waals surface area (Å²) in [6.07, 6.45) is 0.156. The fraction of sp³-hybridized carbons (Fsp3) is 0.500. The molecular weight excluding hydrogens is 184 g/mol. The zero-order valence-corrected chi connectivity index (χ0v) is 8.94. The summed E-state index contributed by atoms with van der Waals surface area (Å²) in [5.41, 5.74) is 1.11. The summed E-state index contributed by atoms with van der Waals surface area (Å²) >= 11 is 1.62. The molecule has 1 aromatic rings. The van der Waals surface area contributed by atoms with Gasteiger partial charge < -0.3 is 5.11 Å². The van der Waals surface area contributed by atoms with Gasteiger partial charge in [-0.15, -0.1) is 11.3 Å². The first kappa shape index (κ1) is 10.3. The number of aliphatic carboxylic acids is 1. The van der Waals surface area contributed by atoms with Crippen molar-refractivity contribution in [2.45, 2.75) is 33.1 Å². The third-order valence-electron chi connectivity index (χ3n) is 1.92. The topological polar surface area (TPSA) is 37.3 Å². The highest BCUT2D eigenvalue weighted by atomic mass is 32.1. The minimum absolute atomic E-state index is 0.156. The molecule has 13 heavy (non-hydrogen) atoms. The van der Waals surface area contributed by atoms with Crippen LogP contribution in [0.15, 0.2) is 6.07 Å². The zero-order chi connectivity index (χ0) is 10.0. The Morgan fingerprint density at radius 1 is 1.62 bits per heavy atom. The van der Waals surface area contributed by atoms with Crippen LogP contribution in [0.4, 0.5) is 0 Å². The van der Waals surface area contributed by atoms with Crippen LogP contribution in [0.5, 0.6) is 0 Å². The van der Waals surface area contributed by atoms with Crippen molar-refractivity contribution in [2.24, 2.45) is 0 Å². The lowest BCUT2D eigenvalue weighted by atomic mass is 10.1. The van der Waals surface area contributed by atoms with E-state index in [9.17, 15) is 4.79 Å². The van der Waals surface area contributed by atoms with Gasteiger partial charge in [-0.25, -0.2) is 0 Å². The van der Waals surface area contributed by atoms with Crippen LogP contribution in [-0.2, 0) is 11.2 Å². The van der Waals surface area contributed by atoms with E-state index in [0.717, 1.165) is 10.4 Å². The summed E-state index contributed by atoms with van der Waals surface area (Å²) in [6, 6.07) is 2.09. The van der Waals surface area contributed by atoms with E-state index in [0.29, 0.717) is 5.92 Å². The molecule has 0 radical (unpaired) electrons. The molecule has 0 aliphatic heterocycles. The van der Waals surface area contributed by atoms with Gasteiger partial charge in [0.25, 0.3) is 0 Å². The standard InChI is InChI=1S/C10H14O2S/c1-6(2)8-4-7(3)9(13-8)5-10(11)12/h4,6H,5H2,1-3H3,(H,11,12). The molecule has 0 aliphatic carbocycles. The fourth-order valence-electron chi connectivity index (χ4n) is 1.14. The maximum Gasteiger partial charge on any atom is 0.308 e. The van der Waals surface area contributed by atoms with Crippen LogP contribution in [0.1, 0.15) is 35.1 Å². The lowest BCUT2D eigenvalue weighted by Crippen LogP contribution is -1.98. The van der Waals surface area contributed by atoms with Gasteiger partial charge in [-0.05, 0) is 24.5 Å². The first-order valence-corrected chi connectivity index (χ1v) is 5.13. The van der Waals surface area contributed by atoms with E-state index in [-0.39, 0.29) is 6.42 Å². The van der Waals surface area contributed by atoms with Gasteiger partial charge in [0.1, 0.15) is 0 Å². The van der Waals surface area contributed by atoms with Gasteiger partial charge in [-0.3, -0.25) is 4.79 Å². The third-order valence-corrected chi connectivity index (χ3v) is 3.46. The highest BCUT2D eigenvalue weighted by Gasteiger charge is 2.10. The molecule has 3 heteroatoms. The molecule has 72 valence electrons. The molecule has 1 N–H and O–H groups in total. The lowest BCUT2D eigenvalue weighted by Gasteiger charge is -1.97. The summed E-state index contributed by atoms with van der Waals surface area (Å²) < 4.78 is 0. The van der Waals surface area contributed by atoms with Gasteiger partial charge in [-0.2, -0.15) is 0 Å². The van der Waals surface area contributed by atoms with E-state index >= 15 is 0 Å². The average Bonchev–Trinajstić information content (AvgIpc) is 2.31. The monoisotopic (exact) mass is 198 g/mol. The molecule has 0 fully saturated rings. The van der Waals surface area contributed by atoms with Gasteiger partial charge in [0.15, 0.2) is 0 Å². The summed E-state index contributed by atoms with van der Waals surface area (Å²) in [4.78, 5) is 12.8. The average molecular weight is 198 g/mol. The minimum atomic E-state index is -0.750. The molecule has 0 atom stereocenters. The maximum absolute atomic E-state index is 10.5. The molecule has 2 nitrogen and oxygen atoms in total. The van der Waals surface area contributed by atoms with Crippen molar-refractivity contribution in [3.05, 3.63) is 21.4 Å². The number of hydrogen-bond donors (Lipinski definition) is 1. The summed E-state index contributed by atoms with van der Waals surface area (Å²) in [6.45, 7) is 6.21. The van der Waals surface area contributed by atoms with E-state index in [2.05, 4.69) is 19.9 Å². The number of carboxylic acids is 1. The Morgan fingerprint density at radius 2 is 2.23 bits per heavy atom. The number of thiophene rings is 1. The van der Waals surface area contributed by atoms with Crippen molar-refractivity contribution in [1.29, 1.82) is 0 Å². The summed E-state index contributed by atoms with van der Waals surface area (Å²) in [5, 5.41) is 8.65. The van der Waals surface area contributed by atoms with Gasteiger partial charge >= 0.3 is 5.97 Å². The number of hydrogen-bond acceptors (Lipinski definition) is 2. The van der Waals surface area contributed by atoms with Gasteiger partial charge in [-0.1, -0.05) is 13.8 Å². The molecule has 0 aromatic carbocycles. The fourth-order valence-corrected chi connectivity index (χ4v) is 2.31. The zero-order valence-electron chi connectivity index (χ0n) is 8.13. The van der Waals surface area contributed by atoms with Crippen LogP contribution in [-0.4, -0.2) is 11.1 Å². The van der Waals surface area contributed by atoms with Gasteiger partial charge in [0.05, 0.1) is 6.42 Å². The van der Waals surface area contributed by atoms with Crippen molar-refractivity contribution in [2.75, 3.05) is 0 Å². The summed E-state index contributed by atoms with van der Waals surface area (Å²) in [5.74, 6) is -0.258. The van der Waals surface area contributed by atoms with Gasteiger partial charge in [0.2, 0.25) is 0 Å². The van der Waals surface area contributed by atoms with E-state index in [4.69, 9.17) is 5.11 Å². The Morgan fingerprint density at radius 3 is 2.62 bits per heavy atom. The predicted octanol–water partition coefficient (Wildman–Crippen LogP) is 2.81. The quantitative estimate of drug-likeness (QED) is 0.810. The molecule has 0 amide bonds. The second-order valence-corrected chi connectivity index (χ2v) is 4.65. The normalized spacial score (nSPS) is 10.8. The Kier molecular flexibility index (Phi) is 3.09. The Bertz CT molecular complexity index is 313. The minimum Gasteiger partial charge on any atom is -0.481 e. The Labute approximate surface area is 82.2 Å². The number of carboxylic acid groups (broad SMARTS) is 1. The molecule has 0 spiro atoms. The third kappa shape index (κ3) is 2.56. The number of carbonyl (C=O) groups is 1. The van der Waals surface area contributed by atoms with E-state index < -0.39 is 5.97 Å². The van der Waals surface area contributed by atoms with Crippen molar-refractivity contribution >= 4 is 17.3 Å². The molecule has 0 unspecified atom stereocenters. The second kappa shape index (κ2) is 3.92. The molecule has 1 aromatic heterocycles. The summed E-state index contributed by atoms with van der Waals surface area (Å²) in [7, 11) is 0. The maximum atomic E-state index is 10.5. The molecule has 1 rings (SSSR count). The first-order valence-electron chi connectivity index (χ1n) is 4.31. The molecule has 1 heterocycles. The number of rotatable bonds is 3. The highest BCUT2D eigenvalue weighted by Crippen LogP contribution is 2.28. The van der Waals surface area contributed by atoms with Crippen LogP contribution in [0.3, 0.4) is 0 Å². The molecule has 0 saturated carbocycles. The van der Waals surface area contributed by atoms with E-state index in [1.54, 1.807) is 11.3 Å². The van der Waals surface area contributed by atoms with Crippen molar-refractivity contribution in [3.63, 3.8) is 0 Å². The molecule has 0 bridgehead atoms. The smallest absolute Gasteiger partial charge is 0.308 e. The highest BCUT2D eigenvalue weighted by molar-refractivity contribution is 7.12. The van der Waals surface area contributed by atoms with Crippen LogP contribution in [0.25, 0.3) is 0 Å². The predicted molar refractivity (Wildman–Crippen MR) is 54.5 cm³/mol. The Hall–Kier alpha value is -0.830. The van der Waals surface area contributed by atoms with Crippen molar-refractivity contribution < 1.29 is 9.90 Å².